The van der Waals surface area contributed by atoms with E-state index >= 15 is 0 Å². The van der Waals surface area contributed by atoms with Gasteiger partial charge in [0.25, 0.3) is 5.69 Å². The van der Waals surface area contributed by atoms with Crippen molar-refractivity contribution in [2.75, 3.05) is 5.75 Å². The zero-order valence-corrected chi connectivity index (χ0v) is 11.5. The first kappa shape index (κ1) is 13.6. The highest BCUT2D eigenvalue weighted by Gasteiger charge is 2.03. The van der Waals surface area contributed by atoms with Crippen molar-refractivity contribution < 1.29 is 4.92 Å². The number of nitro groups is 1. The van der Waals surface area contributed by atoms with Crippen LogP contribution in [-0.4, -0.2) is 10.7 Å². The Morgan fingerprint density at radius 2 is 1.68 bits per heavy atom. The van der Waals surface area contributed by atoms with E-state index in [4.69, 9.17) is 0 Å². The number of nitro benzene ring substituents is 1. The number of non-ortho nitro benzene ring substituents is 1. The Morgan fingerprint density at radius 1 is 1.05 bits per heavy atom. The Kier molecular flexibility index (Phi) is 4.58. The molecule has 2 aromatic carbocycles. The number of nitrogens with zero attached hydrogens (tertiary/aromatic N) is 1. The molecule has 0 aromatic heterocycles. The van der Waals surface area contributed by atoms with Crippen molar-refractivity contribution in [3.05, 3.63) is 69.8 Å². The highest BCUT2D eigenvalue weighted by molar-refractivity contribution is 7.99. The van der Waals surface area contributed by atoms with Gasteiger partial charge in [-0.25, -0.2) is 0 Å². The quantitative estimate of drug-likeness (QED) is 0.465. The monoisotopic (exact) mass is 273 g/mol. The lowest BCUT2D eigenvalue weighted by atomic mass is 10.1. The molecule has 0 saturated carbocycles. The number of hydrogen-bond donors (Lipinski definition) is 0. The van der Waals surface area contributed by atoms with Crippen LogP contribution >= 0.6 is 11.8 Å². The van der Waals surface area contributed by atoms with Gasteiger partial charge in [0.05, 0.1) is 4.92 Å². The van der Waals surface area contributed by atoms with Crippen LogP contribution in [0.5, 0.6) is 0 Å². The van der Waals surface area contributed by atoms with Gasteiger partial charge in [-0.3, -0.25) is 10.1 Å². The first-order valence-electron chi connectivity index (χ1n) is 6.08. The van der Waals surface area contributed by atoms with Gasteiger partial charge in [-0.15, -0.1) is 11.8 Å². The maximum Gasteiger partial charge on any atom is 0.269 e. The number of hydrogen-bond acceptors (Lipinski definition) is 3. The van der Waals surface area contributed by atoms with Crippen LogP contribution in [0.15, 0.2) is 53.4 Å². The molecule has 0 aliphatic carbocycles. The summed E-state index contributed by atoms with van der Waals surface area (Å²) in [5.74, 6) is 0.973. The summed E-state index contributed by atoms with van der Waals surface area (Å²) >= 11 is 1.80. The highest BCUT2D eigenvalue weighted by Crippen LogP contribution is 2.20. The van der Waals surface area contributed by atoms with Gasteiger partial charge < -0.3 is 0 Å². The predicted octanol–water partition coefficient (Wildman–Crippen LogP) is 4.24. The number of aryl methyl sites for hydroxylation is 2. The fourth-order valence-electron chi connectivity index (χ4n) is 1.71. The molecule has 0 atom stereocenters. The molecule has 2 rings (SSSR count). The largest absolute Gasteiger partial charge is 0.269 e. The summed E-state index contributed by atoms with van der Waals surface area (Å²) in [5, 5.41) is 10.5. The summed E-state index contributed by atoms with van der Waals surface area (Å²) in [6, 6.07) is 15.2. The van der Waals surface area contributed by atoms with Crippen molar-refractivity contribution in [1.82, 2.24) is 0 Å². The molecule has 4 heteroatoms. The minimum Gasteiger partial charge on any atom is -0.258 e. The van der Waals surface area contributed by atoms with Crippen LogP contribution in [0.25, 0.3) is 0 Å². The first-order chi connectivity index (χ1) is 9.15. The molecule has 3 nitrogen and oxygen atoms in total. The smallest absolute Gasteiger partial charge is 0.258 e. The summed E-state index contributed by atoms with van der Waals surface area (Å²) in [7, 11) is 0. The van der Waals surface area contributed by atoms with E-state index in [9.17, 15) is 10.1 Å². The van der Waals surface area contributed by atoms with Gasteiger partial charge in [0.2, 0.25) is 0 Å². The first-order valence-corrected chi connectivity index (χ1v) is 7.06. The molecule has 0 N–H and O–H groups in total. The maximum absolute atomic E-state index is 10.5. The van der Waals surface area contributed by atoms with Gasteiger partial charge in [-0.05, 0) is 31.0 Å². The molecule has 0 bridgehead atoms. The van der Waals surface area contributed by atoms with Crippen LogP contribution in [0.4, 0.5) is 5.69 Å². The van der Waals surface area contributed by atoms with Crippen molar-refractivity contribution in [2.45, 2.75) is 18.2 Å². The van der Waals surface area contributed by atoms with Crippen molar-refractivity contribution in [1.29, 1.82) is 0 Å². The van der Waals surface area contributed by atoms with Crippen LogP contribution in [0.1, 0.15) is 11.1 Å². The number of rotatable bonds is 5. The second-order valence-corrected chi connectivity index (χ2v) is 5.50. The molecule has 0 radical (unpaired) electrons. The van der Waals surface area contributed by atoms with E-state index in [2.05, 4.69) is 31.2 Å². The van der Waals surface area contributed by atoms with E-state index in [1.165, 1.54) is 10.5 Å². The standard InChI is InChI=1S/C15H15NO2S/c1-12-2-8-15(9-3-12)19-11-10-13-4-6-14(7-5-13)16(17)18/h2-9H,10-11H2,1H3. The second-order valence-electron chi connectivity index (χ2n) is 4.34. The molecule has 0 amide bonds. The number of benzene rings is 2. The average Bonchev–Trinajstić information content (AvgIpc) is 2.41. The van der Waals surface area contributed by atoms with Gasteiger partial charge in [-0.2, -0.15) is 0 Å². The SMILES string of the molecule is Cc1ccc(SCCc2ccc([N+](=O)[O-])cc2)cc1. The van der Waals surface area contributed by atoms with Gasteiger partial charge in [0, 0.05) is 22.8 Å². The van der Waals surface area contributed by atoms with Crippen LogP contribution in [0.2, 0.25) is 0 Å². The lowest BCUT2D eigenvalue weighted by Crippen LogP contribution is -1.91. The Hall–Kier alpha value is -1.81. The summed E-state index contributed by atoms with van der Waals surface area (Å²) in [6.07, 6.45) is 0.913. The molecule has 0 aliphatic heterocycles. The molecular formula is C15H15NO2S. The Morgan fingerprint density at radius 3 is 2.26 bits per heavy atom. The van der Waals surface area contributed by atoms with Crippen LogP contribution in [0.3, 0.4) is 0 Å². The zero-order chi connectivity index (χ0) is 13.7. The van der Waals surface area contributed by atoms with Gasteiger partial charge in [-0.1, -0.05) is 29.8 Å². The van der Waals surface area contributed by atoms with Crippen molar-refractivity contribution in [3.63, 3.8) is 0 Å². The Labute approximate surface area is 116 Å². The van der Waals surface area contributed by atoms with E-state index in [0.717, 1.165) is 17.7 Å². The lowest BCUT2D eigenvalue weighted by Gasteiger charge is -2.03. The Balaban J connectivity index is 1.85. The zero-order valence-electron chi connectivity index (χ0n) is 10.7. The molecular weight excluding hydrogens is 258 g/mol. The normalized spacial score (nSPS) is 10.4. The van der Waals surface area contributed by atoms with E-state index in [1.54, 1.807) is 23.9 Å². The van der Waals surface area contributed by atoms with Gasteiger partial charge in [0.15, 0.2) is 0 Å². The average molecular weight is 273 g/mol. The van der Waals surface area contributed by atoms with Crippen LogP contribution in [-0.2, 0) is 6.42 Å². The number of thioether (sulfide) groups is 1. The van der Waals surface area contributed by atoms with Gasteiger partial charge in [0.1, 0.15) is 0 Å². The minimum atomic E-state index is -0.370. The molecule has 0 spiro atoms. The van der Waals surface area contributed by atoms with Gasteiger partial charge >= 0.3 is 0 Å². The second kappa shape index (κ2) is 6.38. The highest BCUT2D eigenvalue weighted by atomic mass is 32.2. The Bertz CT molecular complexity index is 549. The van der Waals surface area contributed by atoms with Crippen molar-refractivity contribution in [2.24, 2.45) is 0 Å². The summed E-state index contributed by atoms with van der Waals surface area (Å²) < 4.78 is 0. The molecule has 0 saturated heterocycles. The molecule has 0 heterocycles. The van der Waals surface area contributed by atoms with E-state index in [1.807, 2.05) is 12.1 Å². The van der Waals surface area contributed by atoms with E-state index in [0.29, 0.717) is 0 Å². The molecule has 2 aromatic rings. The van der Waals surface area contributed by atoms with Crippen LogP contribution < -0.4 is 0 Å². The van der Waals surface area contributed by atoms with Crippen LogP contribution in [0, 0.1) is 17.0 Å². The molecule has 0 fully saturated rings. The van der Waals surface area contributed by atoms with Crippen molar-refractivity contribution >= 4 is 17.4 Å². The topological polar surface area (TPSA) is 43.1 Å². The minimum absolute atomic E-state index is 0.148. The summed E-state index contributed by atoms with van der Waals surface area (Å²) in [6.45, 7) is 2.07. The van der Waals surface area contributed by atoms with E-state index < -0.39 is 0 Å². The lowest BCUT2D eigenvalue weighted by molar-refractivity contribution is -0.384. The third-order valence-electron chi connectivity index (χ3n) is 2.83. The maximum atomic E-state index is 10.5. The van der Waals surface area contributed by atoms with Crippen molar-refractivity contribution in [3.8, 4) is 0 Å². The fourth-order valence-corrected chi connectivity index (χ4v) is 2.61. The molecule has 0 unspecified atom stereocenters. The predicted molar refractivity (Wildman–Crippen MR) is 78.7 cm³/mol. The fraction of sp³-hybridized carbons (Fsp3) is 0.200. The molecule has 19 heavy (non-hydrogen) atoms. The summed E-state index contributed by atoms with van der Waals surface area (Å²) in [5.41, 5.74) is 2.54. The van der Waals surface area contributed by atoms with E-state index in [-0.39, 0.29) is 10.6 Å². The third kappa shape index (κ3) is 4.10. The molecule has 98 valence electrons. The molecule has 0 aliphatic rings. The third-order valence-corrected chi connectivity index (χ3v) is 3.84. The summed E-state index contributed by atoms with van der Waals surface area (Å²) in [4.78, 5) is 11.4.